The van der Waals surface area contributed by atoms with Gasteiger partial charge in [0.05, 0.1) is 6.54 Å². The lowest BCUT2D eigenvalue weighted by molar-refractivity contribution is -0.117. The maximum atomic E-state index is 12.4. The molecule has 1 heterocycles. The number of anilines is 2. The van der Waals surface area contributed by atoms with Gasteiger partial charge in [0.2, 0.25) is 5.91 Å². The molecule has 0 saturated carbocycles. The van der Waals surface area contributed by atoms with Crippen molar-refractivity contribution in [3.05, 3.63) is 60.2 Å². The maximum absolute atomic E-state index is 12.4. The predicted molar refractivity (Wildman–Crippen MR) is 118 cm³/mol. The van der Waals surface area contributed by atoms with Crippen LogP contribution in [-0.4, -0.2) is 43.5 Å². The fraction of sp³-hybridized carbons (Fsp3) is 0.458. The number of rotatable bonds is 8. The molecule has 1 N–H and O–H groups in total. The molecular formula is C24H33N3O. The Kier molecular flexibility index (Phi) is 7.49. The van der Waals surface area contributed by atoms with E-state index in [1.165, 1.54) is 24.1 Å². The molecule has 0 unspecified atom stereocenters. The molecule has 1 saturated heterocycles. The number of nitrogens with zero attached hydrogens (tertiary/aromatic N) is 2. The topological polar surface area (TPSA) is 35.6 Å². The minimum atomic E-state index is 0.0806. The van der Waals surface area contributed by atoms with Crippen molar-refractivity contribution in [2.24, 2.45) is 5.92 Å². The monoisotopic (exact) mass is 379 g/mol. The van der Waals surface area contributed by atoms with Crippen molar-refractivity contribution in [1.29, 1.82) is 0 Å². The molecule has 1 fully saturated rings. The SMILES string of the molecule is CCN(CC)c1ccc(NC(=O)CN2CCC(Cc3ccccc3)CC2)cc1. The van der Waals surface area contributed by atoms with E-state index >= 15 is 0 Å². The van der Waals surface area contributed by atoms with Gasteiger partial charge in [0, 0.05) is 24.5 Å². The van der Waals surface area contributed by atoms with E-state index in [1.54, 1.807) is 0 Å². The Hall–Kier alpha value is -2.33. The third-order valence-corrected chi connectivity index (χ3v) is 5.72. The first-order valence-electron chi connectivity index (χ1n) is 10.6. The summed E-state index contributed by atoms with van der Waals surface area (Å²) < 4.78 is 0. The highest BCUT2D eigenvalue weighted by atomic mass is 16.2. The quantitative estimate of drug-likeness (QED) is 0.737. The second kappa shape index (κ2) is 10.3. The number of nitrogens with one attached hydrogen (secondary N) is 1. The Balaban J connectivity index is 1.42. The summed E-state index contributed by atoms with van der Waals surface area (Å²) in [5.41, 5.74) is 3.50. The van der Waals surface area contributed by atoms with Gasteiger partial charge in [-0.2, -0.15) is 0 Å². The second-order valence-electron chi connectivity index (χ2n) is 7.68. The first kappa shape index (κ1) is 20.4. The van der Waals surface area contributed by atoms with Crippen LogP contribution in [-0.2, 0) is 11.2 Å². The Morgan fingerprint density at radius 2 is 1.64 bits per heavy atom. The highest BCUT2D eigenvalue weighted by Crippen LogP contribution is 2.22. The lowest BCUT2D eigenvalue weighted by Gasteiger charge is -2.31. The predicted octanol–water partition coefficient (Wildman–Crippen LogP) is 4.43. The van der Waals surface area contributed by atoms with Crippen molar-refractivity contribution in [1.82, 2.24) is 4.90 Å². The summed E-state index contributed by atoms with van der Waals surface area (Å²) in [5, 5.41) is 3.04. The molecule has 1 aliphatic heterocycles. The molecule has 0 aromatic heterocycles. The molecule has 150 valence electrons. The molecule has 3 rings (SSSR count). The Labute approximate surface area is 169 Å². The van der Waals surface area contributed by atoms with Crippen LogP contribution in [0.2, 0.25) is 0 Å². The van der Waals surface area contributed by atoms with Crippen molar-refractivity contribution < 1.29 is 4.79 Å². The molecule has 4 nitrogen and oxygen atoms in total. The van der Waals surface area contributed by atoms with Crippen LogP contribution in [0.5, 0.6) is 0 Å². The van der Waals surface area contributed by atoms with Crippen LogP contribution in [0, 0.1) is 5.92 Å². The van der Waals surface area contributed by atoms with Crippen molar-refractivity contribution in [2.45, 2.75) is 33.1 Å². The smallest absolute Gasteiger partial charge is 0.238 e. The Bertz CT molecular complexity index is 717. The van der Waals surface area contributed by atoms with Crippen LogP contribution in [0.15, 0.2) is 54.6 Å². The van der Waals surface area contributed by atoms with Crippen LogP contribution < -0.4 is 10.2 Å². The van der Waals surface area contributed by atoms with Crippen molar-refractivity contribution in [3.63, 3.8) is 0 Å². The van der Waals surface area contributed by atoms with Gasteiger partial charge in [-0.15, -0.1) is 0 Å². The number of carbonyl (C=O) groups is 1. The molecule has 2 aromatic carbocycles. The zero-order valence-corrected chi connectivity index (χ0v) is 17.2. The summed E-state index contributed by atoms with van der Waals surface area (Å²) in [4.78, 5) is 17.0. The molecule has 0 atom stereocenters. The van der Waals surface area contributed by atoms with Crippen LogP contribution in [0.1, 0.15) is 32.3 Å². The first-order chi connectivity index (χ1) is 13.7. The van der Waals surface area contributed by atoms with Gasteiger partial charge in [-0.05, 0) is 81.9 Å². The summed E-state index contributed by atoms with van der Waals surface area (Å²) in [6.07, 6.45) is 3.49. The maximum Gasteiger partial charge on any atom is 0.238 e. The first-order valence-corrected chi connectivity index (χ1v) is 10.6. The summed E-state index contributed by atoms with van der Waals surface area (Å²) >= 11 is 0. The number of amides is 1. The average molecular weight is 380 g/mol. The van der Waals surface area contributed by atoms with E-state index in [-0.39, 0.29) is 5.91 Å². The van der Waals surface area contributed by atoms with Gasteiger partial charge in [-0.1, -0.05) is 30.3 Å². The van der Waals surface area contributed by atoms with E-state index in [1.807, 2.05) is 12.1 Å². The highest BCUT2D eigenvalue weighted by molar-refractivity contribution is 5.92. The molecule has 0 bridgehead atoms. The fourth-order valence-corrected chi connectivity index (χ4v) is 4.04. The molecule has 1 aliphatic rings. The molecule has 1 amide bonds. The number of likely N-dealkylation sites (tertiary alicyclic amines) is 1. The zero-order valence-electron chi connectivity index (χ0n) is 17.2. The summed E-state index contributed by atoms with van der Waals surface area (Å²) in [5.74, 6) is 0.812. The minimum absolute atomic E-state index is 0.0806. The van der Waals surface area contributed by atoms with Gasteiger partial charge in [-0.25, -0.2) is 0 Å². The van der Waals surface area contributed by atoms with E-state index in [0.29, 0.717) is 6.54 Å². The van der Waals surface area contributed by atoms with Crippen LogP contribution in [0.4, 0.5) is 11.4 Å². The normalized spacial score (nSPS) is 15.4. The minimum Gasteiger partial charge on any atom is -0.372 e. The van der Waals surface area contributed by atoms with Gasteiger partial charge in [0.15, 0.2) is 0 Å². The van der Waals surface area contributed by atoms with Gasteiger partial charge < -0.3 is 10.2 Å². The van der Waals surface area contributed by atoms with Gasteiger partial charge in [0.25, 0.3) is 0 Å². The molecule has 2 aromatic rings. The molecule has 0 radical (unpaired) electrons. The van der Waals surface area contributed by atoms with E-state index in [4.69, 9.17) is 0 Å². The number of carbonyl (C=O) groups excluding carboxylic acids is 1. The summed E-state index contributed by atoms with van der Waals surface area (Å²) in [6, 6.07) is 18.9. The van der Waals surface area contributed by atoms with E-state index in [2.05, 4.69) is 71.4 Å². The molecule has 28 heavy (non-hydrogen) atoms. The van der Waals surface area contributed by atoms with Crippen LogP contribution in [0.25, 0.3) is 0 Å². The zero-order chi connectivity index (χ0) is 19.8. The highest BCUT2D eigenvalue weighted by Gasteiger charge is 2.21. The third kappa shape index (κ3) is 5.83. The molecule has 4 heteroatoms. The summed E-state index contributed by atoms with van der Waals surface area (Å²) in [7, 11) is 0. The number of hydrogen-bond acceptors (Lipinski definition) is 3. The second-order valence-corrected chi connectivity index (χ2v) is 7.68. The van der Waals surface area contributed by atoms with E-state index in [0.717, 1.165) is 44.2 Å². The van der Waals surface area contributed by atoms with Crippen molar-refractivity contribution >= 4 is 17.3 Å². The van der Waals surface area contributed by atoms with Crippen LogP contribution >= 0.6 is 0 Å². The Morgan fingerprint density at radius 3 is 2.25 bits per heavy atom. The van der Waals surface area contributed by atoms with Crippen molar-refractivity contribution in [2.75, 3.05) is 42.9 Å². The standard InChI is InChI=1S/C24H33N3O/c1-3-27(4-2)23-12-10-22(11-13-23)25-24(28)19-26-16-14-21(15-17-26)18-20-8-6-5-7-9-20/h5-13,21H,3-4,14-19H2,1-2H3,(H,25,28). The van der Waals surface area contributed by atoms with E-state index in [9.17, 15) is 4.79 Å². The molecule has 0 spiro atoms. The van der Waals surface area contributed by atoms with Gasteiger partial charge in [0.1, 0.15) is 0 Å². The van der Waals surface area contributed by atoms with Gasteiger partial charge in [-0.3, -0.25) is 9.69 Å². The lowest BCUT2D eigenvalue weighted by Crippen LogP contribution is -2.39. The lowest BCUT2D eigenvalue weighted by atomic mass is 9.90. The van der Waals surface area contributed by atoms with Crippen molar-refractivity contribution in [3.8, 4) is 0 Å². The largest absolute Gasteiger partial charge is 0.372 e. The molecule has 0 aliphatic carbocycles. The van der Waals surface area contributed by atoms with Crippen LogP contribution in [0.3, 0.4) is 0 Å². The number of piperidine rings is 1. The number of benzene rings is 2. The Morgan fingerprint density at radius 1 is 1.00 bits per heavy atom. The molecular weight excluding hydrogens is 346 g/mol. The van der Waals surface area contributed by atoms with Gasteiger partial charge >= 0.3 is 0 Å². The third-order valence-electron chi connectivity index (χ3n) is 5.72. The van der Waals surface area contributed by atoms with E-state index < -0.39 is 0 Å². The average Bonchev–Trinajstić information content (AvgIpc) is 2.72. The fourth-order valence-electron chi connectivity index (χ4n) is 4.04. The number of hydrogen-bond donors (Lipinski definition) is 1. The summed E-state index contributed by atoms with van der Waals surface area (Å²) in [6.45, 7) is 8.78.